The zero-order valence-corrected chi connectivity index (χ0v) is 13.3. The van der Waals surface area contributed by atoms with E-state index in [1.54, 1.807) is 0 Å². The molecule has 3 aromatic rings. The van der Waals surface area contributed by atoms with Crippen LogP contribution in [-0.4, -0.2) is 11.0 Å². The maximum absolute atomic E-state index is 12.6. The zero-order valence-electron chi connectivity index (χ0n) is 13.3. The third kappa shape index (κ3) is 3.53. The fourth-order valence-electron chi connectivity index (χ4n) is 2.71. The Labute approximate surface area is 141 Å². The van der Waals surface area contributed by atoms with Gasteiger partial charge in [0.05, 0.1) is 6.61 Å². The SMILES string of the molecule is O=C(NCc1ccccc1CO)c1ccccc1-c1ccccc1. The summed E-state index contributed by atoms with van der Waals surface area (Å²) in [6, 6.07) is 25.0. The molecule has 24 heavy (non-hydrogen) atoms. The van der Waals surface area contributed by atoms with Crippen LogP contribution in [-0.2, 0) is 13.2 Å². The molecule has 0 radical (unpaired) electrons. The third-order valence-electron chi connectivity index (χ3n) is 3.98. The topological polar surface area (TPSA) is 49.3 Å². The largest absolute Gasteiger partial charge is 0.392 e. The van der Waals surface area contributed by atoms with E-state index in [2.05, 4.69) is 5.32 Å². The Kier molecular flexibility index (Phi) is 5.04. The van der Waals surface area contributed by atoms with E-state index in [0.29, 0.717) is 12.1 Å². The Bertz CT molecular complexity index is 828. The van der Waals surface area contributed by atoms with Gasteiger partial charge in [-0.05, 0) is 28.3 Å². The molecule has 3 rings (SSSR count). The predicted molar refractivity (Wildman–Crippen MR) is 95.4 cm³/mol. The number of aliphatic hydroxyl groups is 1. The zero-order chi connectivity index (χ0) is 16.8. The molecule has 0 fully saturated rings. The quantitative estimate of drug-likeness (QED) is 0.752. The van der Waals surface area contributed by atoms with Crippen LogP contribution in [0.25, 0.3) is 11.1 Å². The highest BCUT2D eigenvalue weighted by Gasteiger charge is 2.12. The fourth-order valence-corrected chi connectivity index (χ4v) is 2.71. The Morgan fingerprint density at radius 3 is 2.17 bits per heavy atom. The second kappa shape index (κ2) is 7.57. The van der Waals surface area contributed by atoms with Crippen molar-refractivity contribution in [2.45, 2.75) is 13.2 Å². The molecule has 2 N–H and O–H groups in total. The summed E-state index contributed by atoms with van der Waals surface area (Å²) in [5.41, 5.74) is 4.31. The lowest BCUT2D eigenvalue weighted by atomic mass is 9.99. The number of benzene rings is 3. The van der Waals surface area contributed by atoms with Gasteiger partial charge in [0, 0.05) is 12.1 Å². The summed E-state index contributed by atoms with van der Waals surface area (Å²) < 4.78 is 0. The minimum atomic E-state index is -0.123. The molecule has 0 unspecified atom stereocenters. The Balaban J connectivity index is 1.81. The van der Waals surface area contributed by atoms with E-state index in [1.807, 2.05) is 78.9 Å². The molecule has 1 amide bonds. The highest BCUT2D eigenvalue weighted by molar-refractivity contribution is 6.00. The number of carbonyl (C=O) groups is 1. The van der Waals surface area contributed by atoms with Gasteiger partial charge in [0.15, 0.2) is 0 Å². The molecule has 3 nitrogen and oxygen atoms in total. The number of hydrogen-bond acceptors (Lipinski definition) is 2. The van der Waals surface area contributed by atoms with E-state index in [1.165, 1.54) is 0 Å². The number of hydrogen-bond donors (Lipinski definition) is 2. The van der Waals surface area contributed by atoms with Crippen LogP contribution in [0.1, 0.15) is 21.5 Å². The van der Waals surface area contributed by atoms with E-state index < -0.39 is 0 Å². The van der Waals surface area contributed by atoms with Crippen LogP contribution in [0.5, 0.6) is 0 Å². The molecule has 0 spiro atoms. The molecular weight excluding hydrogens is 298 g/mol. The summed E-state index contributed by atoms with van der Waals surface area (Å²) in [5, 5.41) is 12.3. The lowest BCUT2D eigenvalue weighted by Crippen LogP contribution is -2.24. The van der Waals surface area contributed by atoms with Gasteiger partial charge in [-0.15, -0.1) is 0 Å². The van der Waals surface area contributed by atoms with Crippen LogP contribution in [0.2, 0.25) is 0 Å². The van der Waals surface area contributed by atoms with Crippen molar-refractivity contribution < 1.29 is 9.90 Å². The van der Waals surface area contributed by atoms with Gasteiger partial charge in [-0.25, -0.2) is 0 Å². The first kappa shape index (κ1) is 16.0. The lowest BCUT2D eigenvalue weighted by molar-refractivity contribution is 0.0951. The molecule has 120 valence electrons. The highest BCUT2D eigenvalue weighted by Crippen LogP contribution is 2.23. The van der Waals surface area contributed by atoms with Crippen LogP contribution < -0.4 is 5.32 Å². The Morgan fingerprint density at radius 1 is 0.792 bits per heavy atom. The summed E-state index contributed by atoms with van der Waals surface area (Å²) in [7, 11) is 0. The number of carbonyl (C=O) groups excluding carboxylic acids is 1. The van der Waals surface area contributed by atoms with Crippen LogP contribution in [0.15, 0.2) is 78.9 Å². The van der Waals surface area contributed by atoms with E-state index in [-0.39, 0.29) is 12.5 Å². The summed E-state index contributed by atoms with van der Waals surface area (Å²) in [5.74, 6) is -0.123. The summed E-state index contributed by atoms with van der Waals surface area (Å²) >= 11 is 0. The predicted octanol–water partition coefficient (Wildman–Crippen LogP) is 3.78. The molecule has 3 heteroatoms. The number of nitrogens with one attached hydrogen (secondary N) is 1. The van der Waals surface area contributed by atoms with E-state index in [9.17, 15) is 9.90 Å². The Hall–Kier alpha value is -2.91. The smallest absolute Gasteiger partial charge is 0.252 e. The van der Waals surface area contributed by atoms with Gasteiger partial charge in [0.25, 0.3) is 5.91 Å². The van der Waals surface area contributed by atoms with Crippen LogP contribution in [0.4, 0.5) is 0 Å². The molecule has 0 heterocycles. The first-order valence-corrected chi connectivity index (χ1v) is 7.90. The minimum absolute atomic E-state index is 0.0351. The first-order valence-electron chi connectivity index (χ1n) is 7.90. The normalized spacial score (nSPS) is 10.4. The van der Waals surface area contributed by atoms with Gasteiger partial charge in [-0.1, -0.05) is 72.8 Å². The maximum Gasteiger partial charge on any atom is 0.252 e. The van der Waals surface area contributed by atoms with Crippen molar-refractivity contribution in [1.82, 2.24) is 5.32 Å². The average molecular weight is 317 g/mol. The maximum atomic E-state index is 12.6. The average Bonchev–Trinajstić information content (AvgIpc) is 2.67. The van der Waals surface area contributed by atoms with Crippen LogP contribution in [0.3, 0.4) is 0 Å². The van der Waals surface area contributed by atoms with E-state index in [0.717, 1.165) is 22.3 Å². The standard InChI is InChI=1S/C21H19NO2/c23-15-18-11-5-4-10-17(18)14-22-21(24)20-13-7-6-12-19(20)16-8-2-1-3-9-16/h1-13,23H,14-15H2,(H,22,24). The fraction of sp³-hybridized carbons (Fsp3) is 0.0952. The second-order valence-electron chi connectivity index (χ2n) is 5.52. The molecular formula is C21H19NO2. The number of aliphatic hydroxyl groups excluding tert-OH is 1. The van der Waals surface area contributed by atoms with Gasteiger partial charge < -0.3 is 10.4 Å². The van der Waals surface area contributed by atoms with Gasteiger partial charge in [0.1, 0.15) is 0 Å². The molecule has 0 aliphatic carbocycles. The summed E-state index contributed by atoms with van der Waals surface area (Å²) in [6.07, 6.45) is 0. The summed E-state index contributed by atoms with van der Waals surface area (Å²) in [4.78, 5) is 12.6. The first-order chi connectivity index (χ1) is 11.8. The number of rotatable bonds is 5. The molecule has 0 atom stereocenters. The monoisotopic (exact) mass is 317 g/mol. The molecule has 0 aliphatic rings. The molecule has 3 aromatic carbocycles. The minimum Gasteiger partial charge on any atom is -0.392 e. The van der Waals surface area contributed by atoms with Crippen molar-refractivity contribution in [3.8, 4) is 11.1 Å². The number of amides is 1. The van der Waals surface area contributed by atoms with Gasteiger partial charge in [-0.3, -0.25) is 4.79 Å². The van der Waals surface area contributed by atoms with Crippen LogP contribution >= 0.6 is 0 Å². The Morgan fingerprint density at radius 2 is 1.42 bits per heavy atom. The molecule has 0 aliphatic heterocycles. The highest BCUT2D eigenvalue weighted by atomic mass is 16.3. The third-order valence-corrected chi connectivity index (χ3v) is 3.98. The van der Waals surface area contributed by atoms with Crippen LogP contribution in [0, 0.1) is 0 Å². The van der Waals surface area contributed by atoms with Gasteiger partial charge in [0.2, 0.25) is 0 Å². The summed E-state index contributed by atoms with van der Waals surface area (Å²) in [6.45, 7) is 0.353. The van der Waals surface area contributed by atoms with Gasteiger partial charge in [-0.2, -0.15) is 0 Å². The van der Waals surface area contributed by atoms with Crippen molar-refractivity contribution in [1.29, 1.82) is 0 Å². The van der Waals surface area contributed by atoms with E-state index in [4.69, 9.17) is 0 Å². The van der Waals surface area contributed by atoms with Gasteiger partial charge >= 0.3 is 0 Å². The van der Waals surface area contributed by atoms with Crippen molar-refractivity contribution in [3.05, 3.63) is 95.6 Å². The van der Waals surface area contributed by atoms with E-state index >= 15 is 0 Å². The molecule has 0 saturated heterocycles. The second-order valence-corrected chi connectivity index (χ2v) is 5.52. The molecule has 0 bridgehead atoms. The van der Waals surface area contributed by atoms with Crippen molar-refractivity contribution in [3.63, 3.8) is 0 Å². The lowest BCUT2D eigenvalue weighted by Gasteiger charge is -2.12. The van der Waals surface area contributed by atoms with Crippen molar-refractivity contribution >= 4 is 5.91 Å². The van der Waals surface area contributed by atoms with Crippen molar-refractivity contribution in [2.75, 3.05) is 0 Å². The molecule has 0 saturated carbocycles. The molecule has 0 aromatic heterocycles. The van der Waals surface area contributed by atoms with Crippen molar-refractivity contribution in [2.24, 2.45) is 0 Å².